The Morgan fingerprint density at radius 2 is 2.00 bits per heavy atom. The van der Waals surface area contributed by atoms with Crippen LogP contribution in [0.2, 0.25) is 0 Å². The van der Waals surface area contributed by atoms with Crippen molar-refractivity contribution >= 4 is 5.78 Å². The zero-order valence-electron chi connectivity index (χ0n) is 10.8. The number of fused-ring (bicyclic) bond motifs is 1. The second-order valence-corrected chi connectivity index (χ2v) is 6.64. The van der Waals surface area contributed by atoms with Crippen molar-refractivity contribution in [1.29, 1.82) is 0 Å². The van der Waals surface area contributed by atoms with Crippen molar-refractivity contribution in [1.82, 2.24) is 0 Å². The van der Waals surface area contributed by atoms with Gasteiger partial charge in [0, 0.05) is 12.3 Å². The monoisotopic (exact) mass is 224 g/mol. The Balaban J connectivity index is 2.34. The number of aliphatic hydroxyl groups is 1. The van der Waals surface area contributed by atoms with E-state index in [1.54, 1.807) is 0 Å². The fourth-order valence-electron chi connectivity index (χ4n) is 4.44. The van der Waals surface area contributed by atoms with Gasteiger partial charge in [-0.15, -0.1) is 0 Å². The van der Waals surface area contributed by atoms with Crippen LogP contribution in [0.1, 0.15) is 52.9 Å². The highest BCUT2D eigenvalue weighted by atomic mass is 16.3. The van der Waals surface area contributed by atoms with E-state index in [4.69, 9.17) is 0 Å². The summed E-state index contributed by atoms with van der Waals surface area (Å²) in [7, 11) is 0. The zero-order chi connectivity index (χ0) is 12.0. The summed E-state index contributed by atoms with van der Waals surface area (Å²) in [5.41, 5.74) is 0.382. The normalized spacial score (nSPS) is 42.9. The van der Waals surface area contributed by atoms with E-state index >= 15 is 0 Å². The van der Waals surface area contributed by atoms with Crippen LogP contribution in [0.25, 0.3) is 0 Å². The Morgan fingerprint density at radius 1 is 1.31 bits per heavy atom. The van der Waals surface area contributed by atoms with Gasteiger partial charge >= 0.3 is 0 Å². The van der Waals surface area contributed by atoms with Crippen molar-refractivity contribution in [3.63, 3.8) is 0 Å². The van der Waals surface area contributed by atoms with E-state index < -0.39 is 0 Å². The van der Waals surface area contributed by atoms with Gasteiger partial charge in [-0.3, -0.25) is 4.79 Å². The lowest BCUT2D eigenvalue weighted by Gasteiger charge is -2.56. The summed E-state index contributed by atoms with van der Waals surface area (Å²) in [5.74, 6) is 0.786. The van der Waals surface area contributed by atoms with Gasteiger partial charge in [-0.2, -0.15) is 0 Å². The Bertz CT molecular complexity index is 295. The van der Waals surface area contributed by atoms with Gasteiger partial charge in [0.05, 0.1) is 6.61 Å². The van der Waals surface area contributed by atoms with Gasteiger partial charge in [0.2, 0.25) is 0 Å². The maximum atomic E-state index is 11.9. The second kappa shape index (κ2) is 3.83. The molecule has 16 heavy (non-hydrogen) atoms. The molecule has 92 valence electrons. The number of hydrogen-bond donors (Lipinski definition) is 1. The summed E-state index contributed by atoms with van der Waals surface area (Å²) in [4.78, 5) is 11.9. The first-order chi connectivity index (χ1) is 7.42. The molecule has 3 atom stereocenters. The van der Waals surface area contributed by atoms with Crippen LogP contribution in [0, 0.1) is 22.7 Å². The Hall–Kier alpha value is -0.370. The van der Waals surface area contributed by atoms with Crippen molar-refractivity contribution in [2.75, 3.05) is 6.61 Å². The molecule has 0 aromatic rings. The number of Topliss-reactive ketones (excluding diaryl/α,β-unsaturated/α-hetero) is 1. The third-order valence-electron chi connectivity index (χ3n) is 5.32. The first-order valence-corrected chi connectivity index (χ1v) is 6.55. The summed E-state index contributed by atoms with van der Waals surface area (Å²) >= 11 is 0. The van der Waals surface area contributed by atoms with Gasteiger partial charge in [-0.1, -0.05) is 27.2 Å². The van der Waals surface area contributed by atoms with E-state index in [-0.39, 0.29) is 17.9 Å². The molecule has 2 heteroatoms. The van der Waals surface area contributed by atoms with Gasteiger partial charge < -0.3 is 5.11 Å². The number of aliphatic hydroxyl groups excluding tert-OH is 1. The van der Waals surface area contributed by atoms with Gasteiger partial charge in [0.25, 0.3) is 0 Å². The molecule has 2 fully saturated rings. The predicted octanol–water partition coefficient (Wildman–Crippen LogP) is 2.79. The van der Waals surface area contributed by atoms with Crippen LogP contribution in [0.3, 0.4) is 0 Å². The number of ketones is 1. The van der Waals surface area contributed by atoms with E-state index in [1.807, 2.05) is 0 Å². The fourth-order valence-corrected chi connectivity index (χ4v) is 4.44. The first-order valence-electron chi connectivity index (χ1n) is 6.55. The summed E-state index contributed by atoms with van der Waals surface area (Å²) in [6, 6.07) is 0. The quantitative estimate of drug-likeness (QED) is 0.743. The van der Waals surface area contributed by atoms with Gasteiger partial charge in [-0.05, 0) is 36.0 Å². The molecule has 0 heterocycles. The minimum absolute atomic E-state index is 0.0436. The number of carbonyl (C=O) groups excluding carboxylic acids is 1. The lowest BCUT2D eigenvalue weighted by molar-refractivity contribution is -0.146. The molecule has 2 nitrogen and oxygen atoms in total. The fraction of sp³-hybridized carbons (Fsp3) is 0.929. The highest BCUT2D eigenvalue weighted by molar-refractivity contribution is 5.83. The van der Waals surface area contributed by atoms with Crippen molar-refractivity contribution in [3.8, 4) is 0 Å². The number of hydrogen-bond acceptors (Lipinski definition) is 2. The molecule has 3 unspecified atom stereocenters. The molecule has 0 amide bonds. The molecule has 0 aromatic carbocycles. The van der Waals surface area contributed by atoms with Crippen LogP contribution in [0.15, 0.2) is 0 Å². The van der Waals surface area contributed by atoms with Crippen LogP contribution < -0.4 is 0 Å². The molecule has 0 aromatic heterocycles. The van der Waals surface area contributed by atoms with E-state index in [1.165, 1.54) is 12.8 Å². The third kappa shape index (κ3) is 1.62. The Morgan fingerprint density at radius 3 is 2.62 bits per heavy atom. The second-order valence-electron chi connectivity index (χ2n) is 6.64. The standard InChI is InChI=1S/C14H24O2/c1-13(2)7-4-8-14(3)10(9-15)11(16)5-6-12(13)14/h10,12,15H,4-9H2,1-3H3. The molecule has 0 saturated heterocycles. The van der Waals surface area contributed by atoms with Gasteiger partial charge in [-0.25, -0.2) is 0 Å². The number of rotatable bonds is 1. The molecule has 2 aliphatic rings. The number of carbonyl (C=O) groups is 1. The summed E-state index contributed by atoms with van der Waals surface area (Å²) in [6.45, 7) is 6.94. The van der Waals surface area contributed by atoms with Crippen molar-refractivity contribution in [2.24, 2.45) is 22.7 Å². The van der Waals surface area contributed by atoms with Gasteiger partial charge in [0.15, 0.2) is 0 Å². The molecule has 0 aliphatic heterocycles. The Labute approximate surface area is 98.4 Å². The molecule has 2 saturated carbocycles. The summed E-state index contributed by atoms with van der Waals surface area (Å²) in [6.07, 6.45) is 5.27. The molecule has 0 radical (unpaired) electrons. The largest absolute Gasteiger partial charge is 0.396 e. The van der Waals surface area contributed by atoms with E-state index in [0.29, 0.717) is 23.5 Å². The summed E-state index contributed by atoms with van der Waals surface area (Å²) in [5, 5.41) is 9.51. The minimum atomic E-state index is -0.106. The molecule has 2 aliphatic carbocycles. The van der Waals surface area contributed by atoms with E-state index in [2.05, 4.69) is 20.8 Å². The molecule has 2 rings (SSSR count). The lowest BCUT2D eigenvalue weighted by Crippen LogP contribution is -2.52. The summed E-state index contributed by atoms with van der Waals surface area (Å²) < 4.78 is 0. The molecular formula is C14H24O2. The lowest BCUT2D eigenvalue weighted by atomic mass is 9.48. The van der Waals surface area contributed by atoms with Crippen molar-refractivity contribution in [3.05, 3.63) is 0 Å². The highest BCUT2D eigenvalue weighted by Gasteiger charge is 2.54. The van der Waals surface area contributed by atoms with Crippen LogP contribution in [-0.4, -0.2) is 17.5 Å². The van der Waals surface area contributed by atoms with Crippen molar-refractivity contribution < 1.29 is 9.90 Å². The zero-order valence-corrected chi connectivity index (χ0v) is 10.8. The van der Waals surface area contributed by atoms with Crippen LogP contribution in [0.4, 0.5) is 0 Å². The SMILES string of the molecule is CC1(C)CCCC2(C)C(CO)C(=O)CCC12. The maximum absolute atomic E-state index is 11.9. The molecule has 0 spiro atoms. The van der Waals surface area contributed by atoms with E-state index in [9.17, 15) is 9.90 Å². The molecule has 1 N–H and O–H groups in total. The third-order valence-corrected chi connectivity index (χ3v) is 5.32. The minimum Gasteiger partial charge on any atom is -0.396 e. The topological polar surface area (TPSA) is 37.3 Å². The average molecular weight is 224 g/mol. The molecular weight excluding hydrogens is 200 g/mol. The van der Waals surface area contributed by atoms with Crippen molar-refractivity contribution in [2.45, 2.75) is 52.9 Å². The van der Waals surface area contributed by atoms with Crippen LogP contribution in [0.5, 0.6) is 0 Å². The molecule has 0 bridgehead atoms. The maximum Gasteiger partial charge on any atom is 0.138 e. The smallest absolute Gasteiger partial charge is 0.138 e. The van der Waals surface area contributed by atoms with Gasteiger partial charge in [0.1, 0.15) is 5.78 Å². The Kier molecular flexibility index (Phi) is 2.90. The van der Waals surface area contributed by atoms with Crippen LogP contribution >= 0.6 is 0 Å². The predicted molar refractivity (Wildman–Crippen MR) is 64.0 cm³/mol. The highest BCUT2D eigenvalue weighted by Crippen LogP contribution is 2.58. The van der Waals surface area contributed by atoms with E-state index in [0.717, 1.165) is 12.8 Å². The first kappa shape index (κ1) is 12.1. The van der Waals surface area contributed by atoms with Crippen LogP contribution in [-0.2, 0) is 4.79 Å². The average Bonchev–Trinajstić information content (AvgIpc) is 2.15.